The van der Waals surface area contributed by atoms with Crippen LogP contribution in [0.3, 0.4) is 0 Å². The van der Waals surface area contributed by atoms with E-state index in [1.54, 1.807) is 7.05 Å². The van der Waals surface area contributed by atoms with E-state index in [1.807, 2.05) is 24.3 Å². The van der Waals surface area contributed by atoms with Gasteiger partial charge in [0.2, 0.25) is 0 Å². The van der Waals surface area contributed by atoms with Crippen LogP contribution in [0.25, 0.3) is 0 Å². The molecule has 6 heteroatoms. The minimum absolute atomic E-state index is 0. The van der Waals surface area contributed by atoms with Crippen LogP contribution in [0.1, 0.15) is 38.8 Å². The van der Waals surface area contributed by atoms with Crippen LogP contribution >= 0.6 is 24.0 Å². The summed E-state index contributed by atoms with van der Waals surface area (Å²) in [7, 11) is 1.71. The van der Waals surface area contributed by atoms with Crippen LogP contribution in [-0.4, -0.2) is 32.8 Å². The van der Waals surface area contributed by atoms with Crippen molar-refractivity contribution in [3.05, 3.63) is 29.8 Å². The third-order valence-electron chi connectivity index (χ3n) is 3.14. The minimum Gasteiger partial charge on any atom is -0.493 e. The number of rotatable bonds is 8. The second-order valence-electron chi connectivity index (χ2n) is 5.68. The van der Waals surface area contributed by atoms with E-state index in [1.165, 1.54) is 0 Å². The van der Waals surface area contributed by atoms with Gasteiger partial charge < -0.3 is 15.4 Å². The number of benzene rings is 1. The van der Waals surface area contributed by atoms with Crippen molar-refractivity contribution in [2.45, 2.75) is 33.2 Å². The second kappa shape index (κ2) is 12.4. The summed E-state index contributed by atoms with van der Waals surface area (Å²) >= 11 is 0. The Hall–Kier alpha value is -1.05. The summed E-state index contributed by atoms with van der Waals surface area (Å²) in [4.78, 5) is 4.14. The molecule has 0 fully saturated rings. The molecule has 0 aromatic heterocycles. The quantitative estimate of drug-likeness (QED) is 0.281. The van der Waals surface area contributed by atoms with Gasteiger partial charge in [0.1, 0.15) is 5.75 Å². The summed E-state index contributed by atoms with van der Waals surface area (Å²) in [5.41, 5.74) is 1.14. The van der Waals surface area contributed by atoms with Crippen molar-refractivity contribution in [3.8, 4) is 5.75 Å². The van der Waals surface area contributed by atoms with Crippen LogP contribution in [0.15, 0.2) is 29.3 Å². The molecule has 0 aliphatic carbocycles. The zero-order chi connectivity index (χ0) is 16.4. The topological polar surface area (TPSA) is 45.7 Å². The first-order chi connectivity index (χ1) is 10.6. The number of guanidine groups is 1. The number of aliphatic imine (C=N–C) groups is 1. The van der Waals surface area contributed by atoms with Gasteiger partial charge in [-0.3, -0.25) is 9.38 Å². The van der Waals surface area contributed by atoms with E-state index >= 15 is 0 Å². The standard InChI is InChI=1S/C17H28FN3O.HI/c1-13(2)12-22-16-8-6-15(7-9-16)14(3)21-17(19-4)20-11-5-10-18;/h6-9,13-14H,5,10-12H2,1-4H3,(H2,19,20,21);1H. The Bertz CT molecular complexity index is 452. The summed E-state index contributed by atoms with van der Waals surface area (Å²) in [6.45, 7) is 7.29. The highest BCUT2D eigenvalue weighted by Gasteiger charge is 2.08. The molecule has 0 bridgehead atoms. The van der Waals surface area contributed by atoms with E-state index in [4.69, 9.17) is 4.74 Å². The van der Waals surface area contributed by atoms with Gasteiger partial charge >= 0.3 is 0 Å². The average Bonchev–Trinajstić information content (AvgIpc) is 2.52. The second-order valence-corrected chi connectivity index (χ2v) is 5.68. The first kappa shape index (κ1) is 21.9. The van der Waals surface area contributed by atoms with E-state index in [2.05, 4.69) is 36.4 Å². The maximum atomic E-state index is 12.1. The van der Waals surface area contributed by atoms with Crippen molar-refractivity contribution in [2.24, 2.45) is 10.9 Å². The number of ether oxygens (including phenoxy) is 1. The van der Waals surface area contributed by atoms with Gasteiger partial charge in [-0.2, -0.15) is 0 Å². The van der Waals surface area contributed by atoms with Crippen molar-refractivity contribution >= 4 is 29.9 Å². The van der Waals surface area contributed by atoms with Crippen molar-refractivity contribution < 1.29 is 9.13 Å². The SMILES string of the molecule is CN=C(NCCCF)NC(C)c1ccc(OCC(C)C)cc1.I. The normalized spacial score (nSPS) is 12.5. The molecule has 0 aliphatic heterocycles. The maximum Gasteiger partial charge on any atom is 0.191 e. The molecule has 4 nitrogen and oxygen atoms in total. The van der Waals surface area contributed by atoms with E-state index < -0.39 is 0 Å². The van der Waals surface area contributed by atoms with Crippen LogP contribution in [0.4, 0.5) is 4.39 Å². The molecule has 1 aromatic rings. The van der Waals surface area contributed by atoms with Gasteiger partial charge in [-0.1, -0.05) is 26.0 Å². The van der Waals surface area contributed by atoms with Gasteiger partial charge in [0.25, 0.3) is 0 Å². The molecule has 1 atom stereocenters. The highest BCUT2D eigenvalue weighted by atomic mass is 127. The molecule has 2 N–H and O–H groups in total. The van der Waals surface area contributed by atoms with Crippen molar-refractivity contribution in [1.82, 2.24) is 10.6 Å². The number of hydrogen-bond donors (Lipinski definition) is 2. The summed E-state index contributed by atoms with van der Waals surface area (Å²) < 4.78 is 17.8. The summed E-state index contributed by atoms with van der Waals surface area (Å²) in [5.74, 6) is 2.08. The molecule has 0 heterocycles. The lowest BCUT2D eigenvalue weighted by atomic mass is 10.1. The molecular formula is C17H29FIN3O. The molecule has 132 valence electrons. The molecule has 0 amide bonds. The Balaban J connectivity index is 0.00000484. The average molecular weight is 437 g/mol. The van der Waals surface area contributed by atoms with Gasteiger partial charge in [-0.25, -0.2) is 0 Å². The van der Waals surface area contributed by atoms with Crippen molar-refractivity contribution in [2.75, 3.05) is 26.9 Å². The predicted octanol–water partition coefficient (Wildman–Crippen LogP) is 3.93. The molecule has 0 aliphatic rings. The van der Waals surface area contributed by atoms with E-state index in [9.17, 15) is 4.39 Å². The number of hydrogen-bond acceptors (Lipinski definition) is 2. The monoisotopic (exact) mass is 437 g/mol. The van der Waals surface area contributed by atoms with E-state index in [0.717, 1.165) is 17.9 Å². The van der Waals surface area contributed by atoms with Crippen LogP contribution in [0.5, 0.6) is 5.75 Å². The fourth-order valence-corrected chi connectivity index (χ4v) is 1.87. The molecule has 23 heavy (non-hydrogen) atoms. The van der Waals surface area contributed by atoms with Crippen molar-refractivity contribution in [1.29, 1.82) is 0 Å². The molecule has 0 radical (unpaired) electrons. The van der Waals surface area contributed by atoms with Gasteiger partial charge in [0.05, 0.1) is 19.3 Å². The van der Waals surface area contributed by atoms with Crippen LogP contribution < -0.4 is 15.4 Å². The zero-order valence-corrected chi connectivity index (χ0v) is 16.8. The van der Waals surface area contributed by atoms with Crippen molar-refractivity contribution in [3.63, 3.8) is 0 Å². The first-order valence-corrected chi connectivity index (χ1v) is 7.82. The van der Waals surface area contributed by atoms with Gasteiger partial charge in [-0.05, 0) is 37.0 Å². The molecule has 1 rings (SSSR count). The summed E-state index contributed by atoms with van der Waals surface area (Å²) in [5, 5.41) is 6.38. The summed E-state index contributed by atoms with van der Waals surface area (Å²) in [6, 6.07) is 8.16. The maximum absolute atomic E-state index is 12.1. The lowest BCUT2D eigenvalue weighted by molar-refractivity contribution is 0.271. The first-order valence-electron chi connectivity index (χ1n) is 7.82. The van der Waals surface area contributed by atoms with E-state index in [0.29, 0.717) is 24.8 Å². The zero-order valence-electron chi connectivity index (χ0n) is 14.4. The number of nitrogens with zero attached hydrogens (tertiary/aromatic N) is 1. The molecular weight excluding hydrogens is 408 g/mol. The molecule has 0 saturated carbocycles. The third kappa shape index (κ3) is 8.98. The van der Waals surface area contributed by atoms with Gasteiger partial charge in [0.15, 0.2) is 5.96 Å². The van der Waals surface area contributed by atoms with Crippen LogP contribution in [-0.2, 0) is 0 Å². The third-order valence-corrected chi connectivity index (χ3v) is 3.14. The Kier molecular flexibility index (Phi) is 11.8. The highest BCUT2D eigenvalue weighted by molar-refractivity contribution is 14.0. The molecule has 1 unspecified atom stereocenters. The molecule has 1 aromatic carbocycles. The minimum atomic E-state index is -0.322. The molecule has 0 spiro atoms. The van der Waals surface area contributed by atoms with E-state index in [-0.39, 0.29) is 36.7 Å². The number of alkyl halides is 1. The Morgan fingerprint density at radius 1 is 1.22 bits per heavy atom. The Morgan fingerprint density at radius 3 is 2.39 bits per heavy atom. The van der Waals surface area contributed by atoms with Gasteiger partial charge in [0, 0.05) is 13.6 Å². The van der Waals surface area contributed by atoms with Gasteiger partial charge in [-0.15, -0.1) is 24.0 Å². The summed E-state index contributed by atoms with van der Waals surface area (Å²) in [6.07, 6.45) is 0.483. The lowest BCUT2D eigenvalue weighted by Crippen LogP contribution is -2.39. The molecule has 0 saturated heterocycles. The lowest BCUT2D eigenvalue weighted by Gasteiger charge is -2.18. The number of nitrogens with one attached hydrogen (secondary N) is 2. The predicted molar refractivity (Wildman–Crippen MR) is 106 cm³/mol. The highest BCUT2D eigenvalue weighted by Crippen LogP contribution is 2.18. The fourth-order valence-electron chi connectivity index (χ4n) is 1.87. The van der Waals surface area contributed by atoms with Crippen LogP contribution in [0.2, 0.25) is 0 Å². The largest absolute Gasteiger partial charge is 0.493 e. The Labute approximate surface area is 156 Å². The number of halogens is 2. The van der Waals surface area contributed by atoms with Crippen LogP contribution in [0, 0.1) is 5.92 Å². The fraction of sp³-hybridized carbons (Fsp3) is 0.588. The Morgan fingerprint density at radius 2 is 1.87 bits per heavy atom. The smallest absolute Gasteiger partial charge is 0.191 e.